The van der Waals surface area contributed by atoms with Gasteiger partial charge in [0.25, 0.3) is 0 Å². The summed E-state index contributed by atoms with van der Waals surface area (Å²) in [7, 11) is -0.878. The van der Waals surface area contributed by atoms with Gasteiger partial charge in [-0.2, -0.15) is 35.1 Å². The van der Waals surface area contributed by atoms with E-state index in [0.717, 1.165) is 33.2 Å². The highest BCUT2D eigenvalue weighted by molar-refractivity contribution is 8.00. The molecule has 9 N–H and O–H groups in total. The molecular weight excluding hydrogens is 1420 g/mol. The summed E-state index contributed by atoms with van der Waals surface area (Å²) < 4.78 is 51.2. The van der Waals surface area contributed by atoms with E-state index in [1.807, 2.05) is 56.0 Å². The summed E-state index contributed by atoms with van der Waals surface area (Å²) >= 11 is 1.27. The van der Waals surface area contributed by atoms with Crippen molar-refractivity contribution < 1.29 is 56.9 Å². The van der Waals surface area contributed by atoms with E-state index < -0.39 is 46.4 Å². The summed E-state index contributed by atoms with van der Waals surface area (Å²) in [5.74, 6) is -1.06. The molecule has 0 radical (unpaired) electrons. The van der Waals surface area contributed by atoms with Gasteiger partial charge in [-0.1, -0.05) is 42.0 Å². The number of aromatic amines is 1. The lowest BCUT2D eigenvalue weighted by Crippen LogP contribution is -3.17. The van der Waals surface area contributed by atoms with E-state index >= 15 is 0 Å². The van der Waals surface area contributed by atoms with Crippen LogP contribution in [0.25, 0.3) is 22.4 Å². The van der Waals surface area contributed by atoms with Crippen LogP contribution < -0.4 is 46.0 Å². The van der Waals surface area contributed by atoms with Crippen molar-refractivity contribution in [2.24, 2.45) is 20.5 Å². The number of nitrogens with zero attached hydrogens (tertiary/aromatic N) is 19. The van der Waals surface area contributed by atoms with E-state index in [9.17, 15) is 43.5 Å². The van der Waals surface area contributed by atoms with Crippen LogP contribution in [0.15, 0.2) is 106 Å². The van der Waals surface area contributed by atoms with E-state index in [0.29, 0.717) is 73.9 Å². The predicted octanol–water partition coefficient (Wildman–Crippen LogP) is 5.91. The number of pyridine rings is 1. The summed E-state index contributed by atoms with van der Waals surface area (Å²) in [6.07, 6.45) is 12.3. The quantitative estimate of drug-likeness (QED) is 0.0127. The van der Waals surface area contributed by atoms with Crippen LogP contribution in [0.2, 0.25) is 0 Å². The molecule has 107 heavy (non-hydrogen) atoms. The second-order valence-electron chi connectivity index (χ2n) is 23.8. The number of aromatic nitrogens is 13. The molecule has 9 aromatic rings. The molecule has 10 heterocycles. The lowest BCUT2D eigenvalue weighted by molar-refractivity contribution is -0.914. The molecule has 7 aromatic heterocycles. The first-order valence-corrected chi connectivity index (χ1v) is 36.5. The Morgan fingerprint density at radius 1 is 0.766 bits per heavy atom. The summed E-state index contributed by atoms with van der Waals surface area (Å²) in [6.45, 7) is 17.7. The van der Waals surface area contributed by atoms with Gasteiger partial charge in [0.2, 0.25) is 45.4 Å². The summed E-state index contributed by atoms with van der Waals surface area (Å²) in [5, 5.41) is 82.7. The Hall–Kier alpha value is -11.9. The minimum atomic E-state index is -3.87. The highest BCUT2D eigenvalue weighted by Gasteiger charge is 2.27. The first-order valence-electron chi connectivity index (χ1n) is 33.8. The zero-order valence-corrected chi connectivity index (χ0v) is 61.4. The first-order chi connectivity index (χ1) is 51.7. The number of anilines is 8. The zero-order chi connectivity index (χ0) is 76.2. The van der Waals surface area contributed by atoms with Crippen LogP contribution in [0.1, 0.15) is 60.9 Å². The maximum atomic E-state index is 12.8. The molecule has 0 amide bonds. The number of aliphatic carboxylic acids is 2. The maximum absolute atomic E-state index is 12.8. The molecule has 562 valence electrons. The lowest BCUT2D eigenvalue weighted by atomic mass is 10.1. The number of H-pyrrole nitrogens is 1. The second kappa shape index (κ2) is 39.2. The number of ether oxygens (including phenoxy) is 4. The molecule has 40 heteroatoms. The molecule has 0 spiro atoms. The third kappa shape index (κ3) is 23.0. The summed E-state index contributed by atoms with van der Waals surface area (Å²) in [5.41, 5.74) is 4.22. The van der Waals surface area contributed by atoms with Crippen LogP contribution in [-0.4, -0.2) is 217 Å². The summed E-state index contributed by atoms with van der Waals surface area (Å²) in [6, 6.07) is 17.6. The molecule has 38 nitrogen and oxygen atoms in total. The molecule has 3 saturated heterocycles. The number of imidazole rings is 1. The molecule has 3 aliphatic rings. The van der Waals surface area contributed by atoms with Crippen molar-refractivity contribution in [3.8, 4) is 29.7 Å². The minimum Gasteiger partial charge on any atom is -0.548 e. The number of quaternary nitrogens is 1. The standard InChI is InChI=1S/C32H38N12O6.C29H31N13O5S2.C6H12N2/c1-20-13-21(2)27(22(3)14-20)38-32-39-30(36-7-5-11-48-4)28(31(40-32)37-8-6-12-50-26(47)19-49-18-25(45)46)41-42-29-23(15-33)17-44(43-29)24-16-34-9-10-35-24;1-4-49(45,46)41-25-22(24(31-10-7-13-48-17(2)27(43)44)35-29(36-25)37-28-32-11-12-33-28)38-39-23-20(15-30)26(47-3)42(40-23)21-14-18-8-5-6-9-19(18)16-34-21;1-2-8-5-3-7(1)4-6-8/h9-10,13-14,16-17H,5-8,11-12,18-19H2,1-4H3,(H,45,46)(H3,36,37,38,39,40);5-6,8-9,11-12,14,16-17H,4,7,10,13H2,1-3H3,(H,43,44)(H4,31,32,33,35,36,37,41);1-6H2. The van der Waals surface area contributed by atoms with Gasteiger partial charge in [0.1, 0.15) is 24.3 Å². The normalized spacial score (nSPS) is 14.0. The fourth-order valence-corrected chi connectivity index (χ4v) is 11.9. The monoisotopic (exact) mass is 1500 g/mol. The molecular formula is C67H81N27O11S2. The van der Waals surface area contributed by atoms with Gasteiger partial charge in [0.15, 0.2) is 51.8 Å². The van der Waals surface area contributed by atoms with Crippen molar-refractivity contribution in [3.05, 3.63) is 114 Å². The molecule has 2 aromatic carbocycles. The van der Waals surface area contributed by atoms with Crippen molar-refractivity contribution in [1.82, 2.24) is 69.3 Å². The molecule has 0 saturated carbocycles. The molecule has 2 bridgehead atoms. The number of carboxylic acid groups (broad SMARTS) is 2. The Morgan fingerprint density at radius 3 is 1.99 bits per heavy atom. The first kappa shape index (κ1) is 79.2. The molecule has 12 rings (SSSR count). The average molecular weight is 1500 g/mol. The van der Waals surface area contributed by atoms with Gasteiger partial charge in [-0.3, -0.25) is 24.7 Å². The van der Waals surface area contributed by atoms with Crippen LogP contribution >= 0.6 is 11.8 Å². The van der Waals surface area contributed by atoms with Crippen LogP contribution in [0, 0.1) is 43.4 Å². The van der Waals surface area contributed by atoms with E-state index in [2.05, 4.69) is 120 Å². The van der Waals surface area contributed by atoms with Crippen LogP contribution in [0.4, 0.5) is 69.8 Å². The van der Waals surface area contributed by atoms with Crippen molar-refractivity contribution >= 4 is 120 Å². The van der Waals surface area contributed by atoms with Crippen LogP contribution in [-0.2, 0) is 38.6 Å². The number of carbonyl (C=O) groups excluding carboxylic acids is 2. The number of piperazine rings is 3. The van der Waals surface area contributed by atoms with Crippen molar-refractivity contribution in [1.29, 1.82) is 10.5 Å². The van der Waals surface area contributed by atoms with Gasteiger partial charge >= 0.3 is 11.9 Å². The van der Waals surface area contributed by atoms with Gasteiger partial charge in [-0.25, -0.2) is 32.8 Å². The number of sulfonamides is 1. The van der Waals surface area contributed by atoms with Crippen molar-refractivity contribution in [2.75, 3.05) is 142 Å². The number of rotatable bonds is 35. The number of carbonyl (C=O) groups is 3. The number of methoxy groups -OCH3 is 2. The number of thioether (sulfide) groups is 1. The molecule has 1 unspecified atom stereocenters. The Kier molecular flexibility index (Phi) is 29.0. The maximum Gasteiger partial charge on any atom is 0.332 e. The Bertz CT molecular complexity index is 4730. The Balaban J connectivity index is 0.000000222. The van der Waals surface area contributed by atoms with E-state index in [1.54, 1.807) is 32.5 Å². The number of esters is 1. The average Bonchev–Trinajstić information content (AvgIpc) is 1.71. The number of carboxylic acids is 2. The number of nitrogens with one attached hydrogen (secondary N) is 8. The lowest BCUT2D eigenvalue weighted by Gasteiger charge is -2.38. The molecule has 0 aliphatic carbocycles. The fourth-order valence-electron chi connectivity index (χ4n) is 10.5. The molecule has 3 fully saturated rings. The second-order valence-corrected chi connectivity index (χ2v) is 27.2. The van der Waals surface area contributed by atoms with E-state index in [-0.39, 0.29) is 82.5 Å². The third-order valence-electron chi connectivity index (χ3n) is 15.9. The van der Waals surface area contributed by atoms with E-state index in [4.69, 9.17) is 28.9 Å². The van der Waals surface area contributed by atoms with Crippen LogP contribution in [0.3, 0.4) is 0 Å². The van der Waals surface area contributed by atoms with Crippen molar-refractivity contribution in [3.63, 3.8) is 0 Å². The molecule has 1 atom stereocenters. The Morgan fingerprint density at radius 2 is 1.41 bits per heavy atom. The zero-order valence-electron chi connectivity index (χ0n) is 59.7. The number of azo groups is 2. The number of aryl methyl sites for hydroxylation is 3. The number of hydrogen-bond acceptors (Lipinski definition) is 33. The highest BCUT2D eigenvalue weighted by Crippen LogP contribution is 2.39. The van der Waals surface area contributed by atoms with Gasteiger partial charge in [-0.05, 0) is 82.2 Å². The van der Waals surface area contributed by atoms with Gasteiger partial charge in [0, 0.05) is 95.0 Å². The SMILES string of the molecule is C1C[NH+]2CCN1CC2.CCS(=O)(=O)Nc1nc(Nc2ncc[nH]2)nc(NCCCSC(C)C(=O)O)c1N=Nc1nn(-c2cc3ccccc3cn2)c(OC)c1C#N.COCCCNc1nc(Nc2c(C)cc(C)cc2C)nc(NCCCOC(=O)COCC(=O)[O-])c1N=Nc1nn(-c2cnccn2)cc1C#N. The van der Waals surface area contributed by atoms with Crippen LogP contribution in [0.5, 0.6) is 5.88 Å². The van der Waals surface area contributed by atoms with Gasteiger partial charge in [-0.15, -0.1) is 42.4 Å². The topological polar surface area (TPSA) is 497 Å². The number of fused-ring (bicyclic) bond motifs is 4. The van der Waals surface area contributed by atoms with Gasteiger partial charge in [0.05, 0.1) is 69.3 Å². The van der Waals surface area contributed by atoms with Crippen molar-refractivity contribution in [2.45, 2.75) is 59.1 Å². The highest BCUT2D eigenvalue weighted by atomic mass is 32.2. The predicted molar refractivity (Wildman–Crippen MR) is 395 cm³/mol. The van der Waals surface area contributed by atoms with Gasteiger partial charge < -0.3 is 65.1 Å². The largest absolute Gasteiger partial charge is 0.548 e. The fraction of sp³-hybridized carbons (Fsp3) is 0.388. The molecule has 3 aliphatic heterocycles. The number of hydrogen-bond donors (Lipinski definition) is 9. The van der Waals surface area contributed by atoms with E-state index in [1.165, 1.54) is 105 Å². The smallest absolute Gasteiger partial charge is 0.332 e. The minimum absolute atomic E-state index is 0.0166. The third-order valence-corrected chi connectivity index (χ3v) is 18.4. The summed E-state index contributed by atoms with van der Waals surface area (Å²) in [4.78, 5) is 75.9. The number of benzene rings is 2. The Labute approximate surface area is 619 Å². The number of nitriles is 2.